The van der Waals surface area contributed by atoms with E-state index in [1.165, 1.54) is 0 Å². The van der Waals surface area contributed by atoms with Crippen LogP contribution in [-0.4, -0.2) is 35.5 Å². The van der Waals surface area contributed by atoms with Crippen molar-refractivity contribution in [3.05, 3.63) is 12.2 Å². The zero-order valence-electron chi connectivity index (χ0n) is 7.12. The van der Waals surface area contributed by atoms with Gasteiger partial charge < -0.3 is 15.5 Å². The summed E-state index contributed by atoms with van der Waals surface area (Å²) in [7, 11) is 0. The third kappa shape index (κ3) is 4.95. The van der Waals surface area contributed by atoms with Crippen LogP contribution in [0, 0.1) is 0 Å². The fourth-order valence-electron chi connectivity index (χ4n) is 0.738. The second kappa shape index (κ2) is 6.34. The molecule has 0 aliphatic rings. The van der Waals surface area contributed by atoms with Crippen LogP contribution >= 0.6 is 0 Å². The third-order valence-electron chi connectivity index (χ3n) is 1.39. The second-order valence-corrected chi connectivity index (χ2v) is 2.39. The molecule has 0 saturated heterocycles. The Balaban J connectivity index is 3.54. The van der Waals surface area contributed by atoms with Gasteiger partial charge in [-0.3, -0.25) is 0 Å². The van der Waals surface area contributed by atoms with Crippen LogP contribution in [0.15, 0.2) is 12.2 Å². The number of likely N-dealkylation sites (N-methyl/N-ethyl adjacent to an activating group) is 1. The lowest BCUT2D eigenvalue weighted by Gasteiger charge is -2.14. The molecular formula is C8H17NO2. The minimum absolute atomic E-state index is 0.433. The van der Waals surface area contributed by atoms with Gasteiger partial charge in [-0.05, 0) is 13.5 Å². The Kier molecular flexibility index (Phi) is 6.12. The van der Waals surface area contributed by atoms with Gasteiger partial charge in [-0.1, -0.05) is 19.1 Å². The number of nitrogens with one attached hydrogen (secondary N) is 1. The first kappa shape index (κ1) is 10.6. The van der Waals surface area contributed by atoms with Gasteiger partial charge in [0.25, 0.3) is 0 Å². The summed E-state index contributed by atoms with van der Waals surface area (Å²) >= 11 is 0. The van der Waals surface area contributed by atoms with Gasteiger partial charge in [0.05, 0.1) is 12.2 Å². The monoisotopic (exact) mass is 159 g/mol. The van der Waals surface area contributed by atoms with Crippen molar-refractivity contribution in [1.82, 2.24) is 5.32 Å². The standard InChI is InChI=1S/C8H17NO2/c1-3-5-7(10)8(11)6-9-4-2/h3,5,7-11H,4,6H2,1-2H3/b5-3+. The second-order valence-electron chi connectivity index (χ2n) is 2.39. The number of hydrogen-bond donors (Lipinski definition) is 3. The Morgan fingerprint density at radius 3 is 2.55 bits per heavy atom. The van der Waals surface area contributed by atoms with Gasteiger partial charge in [-0.25, -0.2) is 0 Å². The summed E-state index contributed by atoms with van der Waals surface area (Å²) in [6.45, 7) is 5.00. The highest BCUT2D eigenvalue weighted by Gasteiger charge is 2.10. The van der Waals surface area contributed by atoms with E-state index in [1.807, 2.05) is 13.8 Å². The van der Waals surface area contributed by atoms with Crippen LogP contribution in [0.1, 0.15) is 13.8 Å². The molecule has 0 bridgehead atoms. The molecule has 2 unspecified atom stereocenters. The average Bonchev–Trinajstić information content (AvgIpc) is 2.00. The molecule has 0 aromatic rings. The zero-order valence-corrected chi connectivity index (χ0v) is 7.12. The van der Waals surface area contributed by atoms with Crippen molar-refractivity contribution in [2.24, 2.45) is 0 Å². The van der Waals surface area contributed by atoms with E-state index in [0.717, 1.165) is 6.54 Å². The van der Waals surface area contributed by atoms with Crippen molar-refractivity contribution in [3.8, 4) is 0 Å². The molecule has 0 radical (unpaired) electrons. The first-order valence-corrected chi connectivity index (χ1v) is 3.92. The van der Waals surface area contributed by atoms with E-state index >= 15 is 0 Å². The summed E-state index contributed by atoms with van der Waals surface area (Å²) in [5, 5.41) is 21.3. The van der Waals surface area contributed by atoms with Crippen molar-refractivity contribution in [1.29, 1.82) is 0 Å². The highest BCUT2D eigenvalue weighted by molar-refractivity contribution is 4.90. The number of aliphatic hydroxyl groups excluding tert-OH is 2. The molecule has 0 rings (SSSR count). The first-order chi connectivity index (χ1) is 5.22. The first-order valence-electron chi connectivity index (χ1n) is 3.92. The Labute approximate surface area is 67.7 Å². The molecule has 0 amide bonds. The molecule has 11 heavy (non-hydrogen) atoms. The molecule has 0 aromatic carbocycles. The zero-order chi connectivity index (χ0) is 8.69. The maximum atomic E-state index is 9.22. The topological polar surface area (TPSA) is 52.5 Å². The molecule has 0 aromatic heterocycles. The Bertz CT molecular complexity index is 115. The normalized spacial score (nSPS) is 17.1. The number of allylic oxidation sites excluding steroid dienone is 1. The molecule has 0 fully saturated rings. The van der Waals surface area contributed by atoms with E-state index in [9.17, 15) is 5.11 Å². The van der Waals surface area contributed by atoms with Crippen LogP contribution in [0.2, 0.25) is 0 Å². The van der Waals surface area contributed by atoms with Crippen molar-refractivity contribution in [2.75, 3.05) is 13.1 Å². The van der Waals surface area contributed by atoms with E-state index in [4.69, 9.17) is 5.11 Å². The lowest BCUT2D eigenvalue weighted by atomic mass is 10.2. The minimum atomic E-state index is -0.751. The molecule has 3 nitrogen and oxygen atoms in total. The highest BCUT2D eigenvalue weighted by Crippen LogP contribution is 1.93. The van der Waals surface area contributed by atoms with Gasteiger partial charge >= 0.3 is 0 Å². The van der Waals surface area contributed by atoms with Crippen molar-refractivity contribution in [2.45, 2.75) is 26.1 Å². The molecule has 66 valence electrons. The van der Waals surface area contributed by atoms with Gasteiger partial charge in [0.1, 0.15) is 0 Å². The minimum Gasteiger partial charge on any atom is -0.389 e. The van der Waals surface area contributed by atoms with E-state index in [2.05, 4.69) is 5.32 Å². The molecule has 0 heterocycles. The SMILES string of the molecule is C/C=C/C(O)C(O)CNCC. The molecule has 0 aliphatic heterocycles. The Morgan fingerprint density at radius 2 is 2.09 bits per heavy atom. The summed E-state index contributed by atoms with van der Waals surface area (Å²) in [4.78, 5) is 0. The van der Waals surface area contributed by atoms with E-state index in [-0.39, 0.29) is 0 Å². The Hall–Kier alpha value is -0.380. The highest BCUT2D eigenvalue weighted by atomic mass is 16.3. The quantitative estimate of drug-likeness (QED) is 0.491. The lowest BCUT2D eigenvalue weighted by Crippen LogP contribution is -2.35. The van der Waals surface area contributed by atoms with E-state index in [1.54, 1.807) is 12.2 Å². The van der Waals surface area contributed by atoms with Crippen molar-refractivity contribution in [3.63, 3.8) is 0 Å². The van der Waals surface area contributed by atoms with Crippen LogP contribution < -0.4 is 5.32 Å². The van der Waals surface area contributed by atoms with Gasteiger partial charge in [-0.15, -0.1) is 0 Å². The fraction of sp³-hybridized carbons (Fsp3) is 0.750. The van der Waals surface area contributed by atoms with Gasteiger partial charge in [0.15, 0.2) is 0 Å². The van der Waals surface area contributed by atoms with Crippen molar-refractivity contribution < 1.29 is 10.2 Å². The fourth-order valence-corrected chi connectivity index (χ4v) is 0.738. The maximum Gasteiger partial charge on any atom is 0.0992 e. The summed E-state index contributed by atoms with van der Waals surface area (Å²) in [5.41, 5.74) is 0. The van der Waals surface area contributed by atoms with Crippen LogP contribution in [-0.2, 0) is 0 Å². The van der Waals surface area contributed by atoms with E-state index in [0.29, 0.717) is 6.54 Å². The summed E-state index contributed by atoms with van der Waals surface area (Å²) in [5.74, 6) is 0. The van der Waals surface area contributed by atoms with Gasteiger partial charge in [0.2, 0.25) is 0 Å². The predicted molar refractivity (Wildman–Crippen MR) is 45.4 cm³/mol. The van der Waals surface area contributed by atoms with Crippen LogP contribution in [0.3, 0.4) is 0 Å². The van der Waals surface area contributed by atoms with Gasteiger partial charge in [-0.2, -0.15) is 0 Å². The summed E-state index contributed by atoms with van der Waals surface area (Å²) in [6, 6.07) is 0. The summed E-state index contributed by atoms with van der Waals surface area (Å²) < 4.78 is 0. The molecule has 2 atom stereocenters. The number of rotatable bonds is 5. The number of aliphatic hydroxyl groups is 2. The van der Waals surface area contributed by atoms with Crippen LogP contribution in [0.4, 0.5) is 0 Å². The molecule has 0 spiro atoms. The molecule has 3 heteroatoms. The summed E-state index contributed by atoms with van der Waals surface area (Å²) in [6.07, 6.45) is 1.84. The maximum absolute atomic E-state index is 9.22. The Morgan fingerprint density at radius 1 is 1.45 bits per heavy atom. The van der Waals surface area contributed by atoms with Crippen LogP contribution in [0.5, 0.6) is 0 Å². The number of hydrogen-bond acceptors (Lipinski definition) is 3. The van der Waals surface area contributed by atoms with Gasteiger partial charge in [0, 0.05) is 6.54 Å². The van der Waals surface area contributed by atoms with Crippen LogP contribution in [0.25, 0.3) is 0 Å². The molecule has 0 saturated carbocycles. The largest absolute Gasteiger partial charge is 0.389 e. The average molecular weight is 159 g/mol. The molecule has 0 aliphatic carbocycles. The lowest BCUT2D eigenvalue weighted by molar-refractivity contribution is 0.0494. The molecular weight excluding hydrogens is 142 g/mol. The predicted octanol–water partition coefficient (Wildman–Crippen LogP) is -0.106. The molecule has 3 N–H and O–H groups in total. The smallest absolute Gasteiger partial charge is 0.0992 e. The van der Waals surface area contributed by atoms with E-state index < -0.39 is 12.2 Å². The third-order valence-corrected chi connectivity index (χ3v) is 1.39. The van der Waals surface area contributed by atoms with Crippen molar-refractivity contribution >= 4 is 0 Å².